The van der Waals surface area contributed by atoms with Gasteiger partial charge in [0.15, 0.2) is 17.3 Å². The molecule has 1 saturated heterocycles. The van der Waals surface area contributed by atoms with Crippen LogP contribution in [0, 0.1) is 36.5 Å². The smallest absolute Gasteiger partial charge is 0.445 e. The number of alkyl halides is 2. The van der Waals surface area contributed by atoms with Crippen LogP contribution in [0.3, 0.4) is 0 Å². The third-order valence-corrected chi connectivity index (χ3v) is 23.2. The molecule has 3 aliphatic heterocycles. The summed E-state index contributed by atoms with van der Waals surface area (Å²) in [4.78, 5) is 167. The van der Waals surface area contributed by atoms with Crippen molar-refractivity contribution in [3.63, 3.8) is 0 Å². The molecule has 2 aromatic heterocycles. The molecule has 6 aliphatic rings. The van der Waals surface area contributed by atoms with Gasteiger partial charge >= 0.3 is 26.0 Å². The maximum Gasteiger partial charge on any atom is 0.524 e. The number of likely N-dealkylation sites (N-methyl/N-ethyl adjacent to an activating group) is 2. The van der Waals surface area contributed by atoms with Gasteiger partial charge in [-0.2, -0.15) is 11.8 Å². The number of halogens is 2. The summed E-state index contributed by atoms with van der Waals surface area (Å²) in [5.74, 6) is -3.31. The number of nitrogens with one attached hydrogen (secondary N) is 5. The van der Waals surface area contributed by atoms with E-state index in [1.54, 1.807) is 66.4 Å². The van der Waals surface area contributed by atoms with Gasteiger partial charge in [0.1, 0.15) is 6.61 Å². The van der Waals surface area contributed by atoms with E-state index < -0.39 is 60.6 Å². The fourth-order valence-electron chi connectivity index (χ4n) is 15.3. The number of nitrogens with zero attached hydrogens (tertiary/aromatic N) is 5. The predicted molar refractivity (Wildman–Crippen MR) is 421 cm³/mol. The molecule has 37 heteroatoms. The number of aromatic nitrogens is 2. The Morgan fingerprint density at radius 3 is 1.70 bits per heavy atom. The maximum atomic E-state index is 15.0. The van der Waals surface area contributed by atoms with E-state index >= 15 is 0 Å². The number of hydrogen-bond donors (Lipinski definition) is 8. The number of aryl methyl sites for hydroxylation is 2. The number of amides is 10. The monoisotopic (exact) mass is 1650 g/mol. The number of H-pyrrole nitrogens is 2. The van der Waals surface area contributed by atoms with Crippen molar-refractivity contribution in [2.45, 2.75) is 109 Å². The van der Waals surface area contributed by atoms with Gasteiger partial charge in [-0.25, -0.2) is 18.9 Å². The molecule has 4 fully saturated rings. The number of fused-ring (bicyclic) bond motifs is 6. The van der Waals surface area contributed by atoms with Crippen LogP contribution in [0.15, 0.2) is 48.8 Å². The Kier molecular flexibility index (Phi) is 30.5. The lowest BCUT2D eigenvalue weighted by Gasteiger charge is -2.69. The van der Waals surface area contributed by atoms with Crippen LogP contribution < -0.4 is 40.7 Å². The van der Waals surface area contributed by atoms with E-state index in [9.17, 15) is 62.3 Å². The normalized spacial score (nSPS) is 19.4. The highest BCUT2D eigenvalue weighted by Gasteiger charge is 2.76. The second kappa shape index (κ2) is 39.5. The van der Waals surface area contributed by atoms with Crippen molar-refractivity contribution in [1.29, 1.82) is 0 Å². The molecule has 2 bridgehead atoms. The lowest BCUT2D eigenvalue weighted by molar-refractivity contribution is -0.205. The molecule has 5 heterocycles. The zero-order valence-electron chi connectivity index (χ0n) is 64.6. The number of carbonyl (C=O) groups excluding carboxylic acids is 10. The number of ketones is 1. The third kappa shape index (κ3) is 21.3. The second-order valence-corrected chi connectivity index (χ2v) is 32.4. The zero-order chi connectivity index (χ0) is 81.5. The Morgan fingerprint density at radius 1 is 0.717 bits per heavy atom. The number of primary amides is 1. The molecule has 618 valence electrons. The van der Waals surface area contributed by atoms with E-state index in [0.717, 1.165) is 27.6 Å². The second-order valence-electron chi connectivity index (χ2n) is 29.5. The number of benzene rings is 3. The van der Waals surface area contributed by atoms with E-state index in [-0.39, 0.29) is 193 Å². The summed E-state index contributed by atoms with van der Waals surface area (Å²) in [5, 5.41) is 9.29. The molecule has 0 radical (unpaired) electrons. The number of Topliss-reactive ketones (excluding diaryl/α,β-unsaturated/α-hetero) is 1. The van der Waals surface area contributed by atoms with Gasteiger partial charge in [-0.05, 0) is 98.1 Å². The zero-order valence-corrected chi connectivity index (χ0v) is 67.8. The van der Waals surface area contributed by atoms with E-state index in [0.29, 0.717) is 98.3 Å². The fraction of sp³-hybridized carbons (Fsp3) is 0.579. The number of thioether (sulfide) groups is 1. The van der Waals surface area contributed by atoms with Crippen LogP contribution in [0.5, 0.6) is 11.5 Å². The van der Waals surface area contributed by atoms with Gasteiger partial charge in [0.2, 0.25) is 35.4 Å². The molecule has 5 aromatic rings. The van der Waals surface area contributed by atoms with Gasteiger partial charge in [0.25, 0.3) is 0 Å². The summed E-state index contributed by atoms with van der Waals surface area (Å²) in [6, 6.07) is 8.02. The number of hydrogen-bond acceptors (Lipinski definition) is 21. The number of nitrogens with two attached hydrogens (primary N) is 1. The van der Waals surface area contributed by atoms with Crippen molar-refractivity contribution >= 4 is 141 Å². The molecule has 3 aliphatic carbocycles. The first-order chi connectivity index (χ1) is 54.0. The number of aromatic amines is 2. The Hall–Kier alpha value is -8.12. The van der Waals surface area contributed by atoms with Gasteiger partial charge in [-0.15, -0.1) is 23.2 Å². The first-order valence-electron chi connectivity index (χ1n) is 37.7. The number of anilines is 3. The van der Waals surface area contributed by atoms with Crippen LogP contribution in [0.4, 0.5) is 31.4 Å². The minimum atomic E-state index is -5.00. The highest BCUT2D eigenvalue weighted by molar-refractivity contribution is 8.00. The fourth-order valence-corrected chi connectivity index (χ4v) is 16.9. The summed E-state index contributed by atoms with van der Waals surface area (Å²) in [6.45, 7) is 11.7. The molecule has 11 rings (SSSR count). The Balaban J connectivity index is 0.623. The average molecular weight is 1660 g/mol. The molecule has 5 atom stereocenters. The molecule has 5 unspecified atom stereocenters. The number of rotatable bonds is 45. The molecule has 3 saturated carbocycles. The van der Waals surface area contributed by atoms with Gasteiger partial charge in [-0.1, -0.05) is 26.0 Å². The van der Waals surface area contributed by atoms with Crippen molar-refractivity contribution in [2.75, 3.05) is 166 Å². The predicted octanol–water partition coefficient (Wildman–Crippen LogP) is 7.73. The number of carbonyl (C=O) groups is 10. The summed E-state index contributed by atoms with van der Waals surface area (Å²) in [5.41, 5.74) is 9.65. The number of imide groups is 1. The topological polar surface area (TPSA) is 421 Å². The molecule has 3 aromatic carbocycles. The highest BCUT2D eigenvalue weighted by atomic mass is 35.5. The van der Waals surface area contributed by atoms with Crippen molar-refractivity contribution in [1.82, 2.24) is 35.3 Å². The Bertz CT molecular complexity index is 4310. The minimum Gasteiger partial charge on any atom is -0.445 e. The third-order valence-electron chi connectivity index (χ3n) is 21.1. The van der Waals surface area contributed by atoms with E-state index in [1.807, 2.05) is 20.1 Å². The molecule has 10 amide bonds. The van der Waals surface area contributed by atoms with Crippen molar-refractivity contribution in [2.24, 2.45) is 28.4 Å². The first-order valence-corrected chi connectivity index (χ1v) is 41.6. The van der Waals surface area contributed by atoms with Gasteiger partial charge in [0, 0.05) is 137 Å². The lowest BCUT2D eigenvalue weighted by Crippen LogP contribution is -2.73. The van der Waals surface area contributed by atoms with E-state index in [4.69, 9.17) is 71.4 Å². The average Bonchev–Trinajstić information content (AvgIpc) is 1.57. The van der Waals surface area contributed by atoms with Crippen LogP contribution in [0.2, 0.25) is 0 Å². The number of urea groups is 1. The summed E-state index contributed by atoms with van der Waals surface area (Å²) in [6.07, 6.45) is 5.18. The van der Waals surface area contributed by atoms with E-state index in [2.05, 4.69) is 25.9 Å². The van der Waals surface area contributed by atoms with E-state index in [1.165, 1.54) is 46.6 Å². The van der Waals surface area contributed by atoms with Crippen LogP contribution >= 0.6 is 42.8 Å². The standard InChI is InChI=1S/C76H102Cl2N11O22PS/c1-45(2)65(84-59(91)14-19-103-21-23-105-25-27-107-29-30-108-28-26-106-24-22-104-20-18-87-60(92)34-58(113-7)69(87)94)55(90)31-49(9-8-15-80-72(79)97)68(93)83-52-12-10-48(11-13-52)41-109-73(98)85(5)16-17-86(6)74(99)110-56-32-53-63(61-46(3)37-81-66(56)61)50(35-77)39-88(53)70(95)75-42-76(43-75,44-75)71(96)89-40-51(36-78)64-54(89)33-57(111-112(100,101)102)67-62(64)47(4)38-82-67/h10-13,32-33,37-38,45,49-51,58,65,81-82H,8-9,14-31,34-36,39-44H2,1-7H3,(H,83,93)(H,84,91)(H3,79,80,97)(H2,100,101,102). The summed E-state index contributed by atoms with van der Waals surface area (Å²) >= 11 is 14.6. The van der Waals surface area contributed by atoms with Crippen LogP contribution in [-0.2, 0) is 77.9 Å². The first kappa shape index (κ1) is 87.3. The molecule has 9 N–H and O–H groups in total. The molecule has 0 spiro atoms. The van der Waals surface area contributed by atoms with Crippen molar-refractivity contribution < 1.29 is 105 Å². The Labute approximate surface area is 668 Å². The highest BCUT2D eigenvalue weighted by Crippen LogP contribution is 2.75. The number of phosphoric acid groups is 1. The van der Waals surface area contributed by atoms with Crippen LogP contribution in [0.1, 0.15) is 105 Å². The van der Waals surface area contributed by atoms with Crippen LogP contribution in [-0.4, -0.2) is 256 Å². The minimum absolute atomic E-state index is 0.0254. The number of phosphoric ester groups is 1. The lowest BCUT2D eigenvalue weighted by atomic mass is 9.34. The number of likely N-dealkylation sites (tertiary alicyclic amines) is 1. The van der Waals surface area contributed by atoms with Gasteiger partial charge in [0.05, 0.1) is 130 Å². The largest absolute Gasteiger partial charge is 0.524 e. The summed E-state index contributed by atoms with van der Waals surface area (Å²) in [7, 11) is -1.97. The number of ether oxygens (including phenoxy) is 8. The quantitative estimate of drug-likeness (QED) is 0.00799. The SMILES string of the molecule is CSC1CC(=O)N(CCOCCOCCOCCOCCOCCOCCC(=O)NC(C(=O)CC(CCCNC(N)=O)C(=O)Nc2ccc(COC(=O)N(C)CCN(C)C(=O)Oc3cc4c(c5c(C)c[nH]c35)C(CCl)CN4C(=O)C34CC(C(=O)N5CC(CCl)c6c5cc(OP(=O)(O)O)c5[nH]cc(C)c65)(C3)C4)cc2)C(C)C)C1=O. The van der Waals surface area contributed by atoms with Gasteiger partial charge < -0.3 is 93.7 Å². The van der Waals surface area contributed by atoms with Crippen molar-refractivity contribution in [3.05, 3.63) is 76.6 Å². The maximum absolute atomic E-state index is 15.0. The molecule has 33 nitrogen and oxygen atoms in total. The van der Waals surface area contributed by atoms with Gasteiger partial charge in [-0.3, -0.25) is 48.2 Å². The molecular formula is C76H102Cl2N11O22PS. The molecular weight excluding hydrogens is 1550 g/mol. The Morgan fingerprint density at radius 2 is 1.21 bits per heavy atom. The van der Waals surface area contributed by atoms with Crippen molar-refractivity contribution in [3.8, 4) is 11.5 Å². The summed E-state index contributed by atoms with van der Waals surface area (Å²) < 4.78 is 62.1. The van der Waals surface area contributed by atoms with Crippen LogP contribution in [0.25, 0.3) is 21.8 Å². The molecule has 113 heavy (non-hydrogen) atoms.